The van der Waals surface area contributed by atoms with E-state index in [4.69, 9.17) is 37.1 Å². The van der Waals surface area contributed by atoms with Gasteiger partial charge in [0, 0.05) is 51.5 Å². The molecule has 0 fully saturated rings. The van der Waals surface area contributed by atoms with Crippen molar-refractivity contribution in [1.29, 1.82) is 0 Å². The van der Waals surface area contributed by atoms with Gasteiger partial charge in [-0.05, 0) is 46.2 Å². The Labute approximate surface area is 402 Å². The Morgan fingerprint density at radius 1 is 0.843 bits per heavy atom. The molecule has 0 saturated carbocycles. The van der Waals surface area contributed by atoms with Crippen LogP contribution >= 0.6 is 7.82 Å². The Morgan fingerprint density at radius 3 is 2.30 bits per heavy atom. The Bertz CT molecular complexity index is 3340. The van der Waals surface area contributed by atoms with Crippen LogP contribution in [0, 0.1) is 11.8 Å². The number of phosphoric ester groups is 1. The first-order valence-electron chi connectivity index (χ1n) is 23.5. The number of hydrogen-bond acceptors (Lipinski definition) is 12. The van der Waals surface area contributed by atoms with Gasteiger partial charge >= 0.3 is 7.82 Å². The molecule has 5 unspecified atom stereocenters. The van der Waals surface area contributed by atoms with E-state index in [1.807, 2.05) is 111 Å². The van der Waals surface area contributed by atoms with E-state index in [0.717, 1.165) is 61.1 Å². The van der Waals surface area contributed by atoms with Crippen molar-refractivity contribution in [2.45, 2.75) is 77.2 Å². The van der Waals surface area contributed by atoms with Crippen LogP contribution in [0.5, 0.6) is 5.75 Å². The zero-order chi connectivity index (χ0) is 47.9. The zero-order valence-corrected chi connectivity index (χ0v) is 39.6. The summed E-state index contributed by atoms with van der Waals surface area (Å²) < 4.78 is 53.4. The van der Waals surface area contributed by atoms with Crippen molar-refractivity contribution in [2.24, 2.45) is 11.8 Å². The van der Waals surface area contributed by atoms with Crippen LogP contribution in [-0.2, 0) is 52.8 Å². The molecule has 0 saturated heterocycles. The van der Waals surface area contributed by atoms with E-state index in [1.165, 1.54) is 0 Å². The number of carbonyl (C=O) groups is 2. The van der Waals surface area contributed by atoms with E-state index in [2.05, 4.69) is 45.2 Å². The summed E-state index contributed by atoms with van der Waals surface area (Å²) in [6.07, 6.45) is 1.63. The molecule has 0 radical (unpaired) electrons. The molecule has 1 spiro atoms. The molecule has 10 bridgehead atoms. The number of para-hydroxylation sites is 1. The molecule has 15 nitrogen and oxygen atoms in total. The van der Waals surface area contributed by atoms with Crippen molar-refractivity contribution in [3.8, 4) is 39.8 Å². The number of ether oxygens (including phenoxy) is 1. The van der Waals surface area contributed by atoms with Gasteiger partial charge in [-0.2, -0.15) is 0 Å². The minimum Gasteiger partial charge on any atom is -0.469 e. The average Bonchev–Trinajstić information content (AvgIpc) is 4.21. The fourth-order valence-electron chi connectivity index (χ4n) is 10.3. The van der Waals surface area contributed by atoms with Crippen LogP contribution in [0.15, 0.2) is 136 Å². The topological polar surface area (TPSA) is 192 Å². The van der Waals surface area contributed by atoms with Gasteiger partial charge in [0.15, 0.2) is 23.4 Å². The number of aromatic amines is 1. The Hall–Kier alpha value is -7.29. The van der Waals surface area contributed by atoms with Crippen molar-refractivity contribution in [2.75, 3.05) is 5.32 Å². The number of rotatable bonds is 12. The SMILES string of the molecule is CC(C)C(OP(=O)(OCc1ccccc1)OCc1ccccc1)C(=O)NC1Cc2ccc3c(c2)C24c5cccc(c5NC2O3)-c2cccc3[nH]cc(c23)-c2cnc(o2)-c2nc(oc24)C(C(C)C)NC1=O. The van der Waals surface area contributed by atoms with Crippen molar-refractivity contribution in [3.63, 3.8) is 0 Å². The molecule has 3 aromatic heterocycles. The number of hydrogen-bond donors (Lipinski definition) is 4. The number of aromatic nitrogens is 3. The standard InChI is InChI=1S/C54H49N6O9P/c1-29(2)44-52-59-46-48(68-52)54-37-19-11-18-35(34-17-12-20-39-43(34)36(25-55-39)42-26-56-51(46)66-42)45(37)60-53(54)67-41-22-21-33(23-38(41)54)24-40(49(61)58-44)57-50(62)47(30(3)4)69-70(63,64-27-31-13-7-5-8-14-31)65-28-32-15-9-6-10-16-32/h5-23,25-26,29-30,40,44,47,53,55,60H,24,27-28H2,1-4H3,(H,57,62)(H,58,61). The molecule has 4 aliphatic rings. The van der Waals surface area contributed by atoms with Gasteiger partial charge < -0.3 is 34.5 Å². The first-order chi connectivity index (χ1) is 34.0. The van der Waals surface area contributed by atoms with Gasteiger partial charge in [0.2, 0.25) is 17.7 Å². The van der Waals surface area contributed by atoms with Gasteiger partial charge in [-0.1, -0.05) is 131 Å². The number of amides is 2. The molecule has 0 aliphatic carbocycles. The number of phosphoric acid groups is 1. The maximum Gasteiger partial charge on any atom is 0.476 e. The van der Waals surface area contributed by atoms with Crippen LogP contribution in [0.25, 0.3) is 44.9 Å². The zero-order valence-electron chi connectivity index (χ0n) is 38.7. The van der Waals surface area contributed by atoms with Gasteiger partial charge in [-0.3, -0.25) is 23.2 Å². The molecule has 16 heteroatoms. The summed E-state index contributed by atoms with van der Waals surface area (Å²) >= 11 is 0. The van der Waals surface area contributed by atoms with E-state index >= 15 is 0 Å². The van der Waals surface area contributed by atoms with Crippen molar-refractivity contribution in [3.05, 3.63) is 167 Å². The number of oxazole rings is 2. The van der Waals surface area contributed by atoms with Crippen LogP contribution in [0.3, 0.4) is 0 Å². The summed E-state index contributed by atoms with van der Waals surface area (Å²) in [6, 6.07) is 34.6. The second kappa shape index (κ2) is 17.0. The predicted molar refractivity (Wildman–Crippen MR) is 260 cm³/mol. The second-order valence-corrected chi connectivity index (χ2v) is 20.6. The highest BCUT2D eigenvalue weighted by Crippen LogP contribution is 2.61. The predicted octanol–water partition coefficient (Wildman–Crippen LogP) is 10.4. The van der Waals surface area contributed by atoms with Gasteiger partial charge in [0.25, 0.3) is 5.91 Å². The van der Waals surface area contributed by atoms with E-state index < -0.39 is 55.4 Å². The highest BCUT2D eigenvalue weighted by molar-refractivity contribution is 7.48. The van der Waals surface area contributed by atoms with Crippen molar-refractivity contribution in [1.82, 2.24) is 25.6 Å². The summed E-state index contributed by atoms with van der Waals surface area (Å²) in [6.45, 7) is 7.24. The molecule has 2 amide bonds. The van der Waals surface area contributed by atoms with Gasteiger partial charge in [0.1, 0.15) is 29.4 Å². The van der Waals surface area contributed by atoms with E-state index in [0.29, 0.717) is 23.0 Å². The molecule has 4 N–H and O–H groups in total. The smallest absolute Gasteiger partial charge is 0.469 e. The molecule has 354 valence electrons. The third kappa shape index (κ3) is 7.26. The minimum atomic E-state index is -4.43. The lowest BCUT2D eigenvalue weighted by molar-refractivity contribution is -0.135. The number of fused-ring (bicyclic) bond motifs is 7. The quantitative estimate of drug-likeness (QED) is 0.0849. The highest BCUT2D eigenvalue weighted by atomic mass is 31.2. The molecular formula is C54H49N6O9P. The fraction of sp³-hybridized carbons (Fsp3) is 0.259. The van der Waals surface area contributed by atoms with Crippen LogP contribution in [0.2, 0.25) is 0 Å². The Kier molecular flexibility index (Phi) is 10.7. The van der Waals surface area contributed by atoms with E-state index in [9.17, 15) is 14.2 Å². The first kappa shape index (κ1) is 44.0. The number of benzene rings is 5. The maximum atomic E-state index is 14.9. The maximum absolute atomic E-state index is 14.9. The second-order valence-electron chi connectivity index (χ2n) is 18.9. The number of H-pyrrole nitrogens is 1. The highest BCUT2D eigenvalue weighted by Gasteiger charge is 2.62. The van der Waals surface area contributed by atoms with E-state index in [1.54, 1.807) is 20.0 Å². The lowest BCUT2D eigenvalue weighted by atomic mass is 9.72. The largest absolute Gasteiger partial charge is 0.476 e. The van der Waals surface area contributed by atoms with Crippen molar-refractivity contribution >= 4 is 36.2 Å². The van der Waals surface area contributed by atoms with Crippen molar-refractivity contribution < 1.29 is 41.3 Å². The number of nitrogens with zero attached hydrogens (tertiary/aromatic N) is 2. The molecular weight excluding hydrogens is 908 g/mol. The number of carbonyl (C=O) groups excluding carboxylic acids is 2. The normalized spacial score (nSPS) is 20.0. The summed E-state index contributed by atoms with van der Waals surface area (Å²) in [5, 5.41) is 10.9. The van der Waals surface area contributed by atoms with Crippen LogP contribution < -0.4 is 20.7 Å². The first-order valence-corrected chi connectivity index (χ1v) is 25.0. The average molecular weight is 957 g/mol. The summed E-state index contributed by atoms with van der Waals surface area (Å²) in [4.78, 5) is 43.1. The molecule has 5 atom stereocenters. The summed E-state index contributed by atoms with van der Waals surface area (Å²) in [5.41, 5.74) is 7.68. The molecule has 7 heterocycles. The lowest BCUT2D eigenvalue weighted by Crippen LogP contribution is -2.53. The van der Waals surface area contributed by atoms with Crippen LogP contribution in [-0.4, -0.2) is 45.1 Å². The summed E-state index contributed by atoms with van der Waals surface area (Å²) in [7, 11) is -4.43. The number of anilines is 1. The van der Waals surface area contributed by atoms with Crippen LogP contribution in [0.4, 0.5) is 5.69 Å². The van der Waals surface area contributed by atoms with E-state index in [-0.39, 0.29) is 37.3 Å². The monoisotopic (exact) mass is 956 g/mol. The molecule has 70 heavy (non-hydrogen) atoms. The molecule has 8 aromatic rings. The Balaban J connectivity index is 0.955. The lowest BCUT2D eigenvalue weighted by Gasteiger charge is -2.30. The Morgan fingerprint density at radius 2 is 1.57 bits per heavy atom. The minimum absolute atomic E-state index is 0.0643. The van der Waals surface area contributed by atoms with Gasteiger partial charge in [-0.25, -0.2) is 14.5 Å². The van der Waals surface area contributed by atoms with Gasteiger partial charge in [0.05, 0.1) is 19.4 Å². The fourth-order valence-corrected chi connectivity index (χ4v) is 11.7. The third-order valence-corrected chi connectivity index (χ3v) is 15.1. The molecule has 12 rings (SSSR count). The summed E-state index contributed by atoms with van der Waals surface area (Å²) in [5.74, 6) is 0.0889. The molecule has 5 aromatic carbocycles. The number of nitrogens with one attached hydrogen (secondary N) is 4. The van der Waals surface area contributed by atoms with Gasteiger partial charge in [-0.15, -0.1) is 0 Å². The molecule has 4 aliphatic heterocycles. The third-order valence-electron chi connectivity index (χ3n) is 13.7. The van der Waals surface area contributed by atoms with Crippen LogP contribution in [0.1, 0.15) is 73.2 Å².